The van der Waals surface area contributed by atoms with Crippen LogP contribution in [0.1, 0.15) is 22.7 Å². The number of nitrogens with two attached hydrogens (primary N) is 1. The Bertz CT molecular complexity index is 551. The molecule has 3 heteroatoms. The van der Waals surface area contributed by atoms with Crippen LogP contribution in [0.4, 0.5) is 0 Å². The van der Waals surface area contributed by atoms with Gasteiger partial charge in [0.25, 0.3) is 0 Å². The molecule has 0 saturated heterocycles. The first-order chi connectivity index (χ1) is 9.10. The highest BCUT2D eigenvalue weighted by atomic mass is 35.5. The van der Waals surface area contributed by atoms with Gasteiger partial charge in [-0.15, -0.1) is 0 Å². The maximum Gasteiger partial charge on any atom is 0.125 e. The van der Waals surface area contributed by atoms with Crippen molar-refractivity contribution in [3.05, 3.63) is 64.2 Å². The van der Waals surface area contributed by atoms with Crippen molar-refractivity contribution in [2.75, 3.05) is 7.11 Å². The SMILES string of the molecule is COc1cc(Cl)ccc1C(N)Cc1ccc(C)cc1. The summed E-state index contributed by atoms with van der Waals surface area (Å²) < 4.78 is 5.34. The lowest BCUT2D eigenvalue weighted by Crippen LogP contribution is -2.14. The average Bonchev–Trinajstić information content (AvgIpc) is 2.41. The van der Waals surface area contributed by atoms with Crippen molar-refractivity contribution in [3.8, 4) is 5.75 Å². The average molecular weight is 276 g/mol. The number of aryl methyl sites for hydroxylation is 1. The van der Waals surface area contributed by atoms with Crippen molar-refractivity contribution >= 4 is 11.6 Å². The van der Waals surface area contributed by atoms with Crippen molar-refractivity contribution in [1.82, 2.24) is 0 Å². The summed E-state index contributed by atoms with van der Waals surface area (Å²) in [5.74, 6) is 0.743. The molecule has 0 radical (unpaired) electrons. The molecule has 19 heavy (non-hydrogen) atoms. The number of halogens is 1. The lowest BCUT2D eigenvalue weighted by atomic mass is 9.98. The van der Waals surface area contributed by atoms with Gasteiger partial charge in [0.15, 0.2) is 0 Å². The minimum atomic E-state index is -0.102. The van der Waals surface area contributed by atoms with Gasteiger partial charge in [-0.05, 0) is 31.0 Å². The molecule has 0 amide bonds. The van der Waals surface area contributed by atoms with E-state index in [4.69, 9.17) is 22.1 Å². The largest absolute Gasteiger partial charge is 0.496 e. The molecule has 0 bridgehead atoms. The zero-order valence-electron chi connectivity index (χ0n) is 11.2. The second-order valence-electron chi connectivity index (χ2n) is 4.68. The highest BCUT2D eigenvalue weighted by Crippen LogP contribution is 2.29. The predicted octanol–water partition coefficient (Wildman–Crippen LogP) is 3.90. The Morgan fingerprint density at radius 1 is 1.16 bits per heavy atom. The molecule has 2 N–H and O–H groups in total. The molecule has 0 aliphatic heterocycles. The van der Waals surface area contributed by atoms with Crippen LogP contribution in [0, 0.1) is 6.92 Å². The van der Waals surface area contributed by atoms with Gasteiger partial charge in [0.05, 0.1) is 7.11 Å². The van der Waals surface area contributed by atoms with Gasteiger partial charge in [-0.1, -0.05) is 47.5 Å². The molecule has 0 fully saturated rings. The summed E-state index contributed by atoms with van der Waals surface area (Å²) in [6.45, 7) is 2.08. The number of ether oxygens (including phenoxy) is 1. The van der Waals surface area contributed by atoms with Gasteiger partial charge in [-0.25, -0.2) is 0 Å². The van der Waals surface area contributed by atoms with Crippen LogP contribution in [0.3, 0.4) is 0 Å². The van der Waals surface area contributed by atoms with Crippen LogP contribution < -0.4 is 10.5 Å². The second-order valence-corrected chi connectivity index (χ2v) is 5.12. The predicted molar refractivity (Wildman–Crippen MR) is 79.8 cm³/mol. The number of benzene rings is 2. The van der Waals surface area contributed by atoms with Crippen LogP contribution in [-0.2, 0) is 6.42 Å². The molecule has 0 aromatic heterocycles. The Balaban J connectivity index is 2.19. The molecular weight excluding hydrogens is 258 g/mol. The molecule has 2 rings (SSSR count). The van der Waals surface area contributed by atoms with Crippen molar-refractivity contribution < 1.29 is 4.74 Å². The third-order valence-corrected chi connectivity index (χ3v) is 3.41. The standard InChI is InChI=1S/C16H18ClNO/c1-11-3-5-12(6-4-11)9-15(18)14-8-7-13(17)10-16(14)19-2/h3-8,10,15H,9,18H2,1-2H3. The molecule has 1 unspecified atom stereocenters. The summed E-state index contributed by atoms with van der Waals surface area (Å²) in [6.07, 6.45) is 0.776. The lowest BCUT2D eigenvalue weighted by molar-refractivity contribution is 0.405. The van der Waals surface area contributed by atoms with E-state index in [1.807, 2.05) is 12.1 Å². The van der Waals surface area contributed by atoms with Crippen molar-refractivity contribution in [2.45, 2.75) is 19.4 Å². The number of hydrogen-bond donors (Lipinski definition) is 1. The summed E-state index contributed by atoms with van der Waals surface area (Å²) in [5.41, 5.74) is 9.72. The maximum absolute atomic E-state index is 6.27. The fraction of sp³-hybridized carbons (Fsp3) is 0.250. The maximum atomic E-state index is 6.27. The minimum Gasteiger partial charge on any atom is -0.496 e. The molecular formula is C16H18ClNO. The van der Waals surface area contributed by atoms with E-state index in [0.29, 0.717) is 5.02 Å². The molecule has 2 aromatic carbocycles. The first-order valence-corrected chi connectivity index (χ1v) is 6.62. The van der Waals surface area contributed by atoms with Crippen LogP contribution in [0.25, 0.3) is 0 Å². The first-order valence-electron chi connectivity index (χ1n) is 6.24. The van der Waals surface area contributed by atoms with E-state index < -0.39 is 0 Å². The van der Waals surface area contributed by atoms with Crippen molar-refractivity contribution in [3.63, 3.8) is 0 Å². The van der Waals surface area contributed by atoms with Gasteiger partial charge in [-0.3, -0.25) is 0 Å². The molecule has 2 aromatic rings. The second kappa shape index (κ2) is 6.09. The van der Waals surface area contributed by atoms with E-state index in [1.54, 1.807) is 13.2 Å². The summed E-state index contributed by atoms with van der Waals surface area (Å²) in [6, 6.07) is 13.9. The van der Waals surface area contributed by atoms with Gasteiger partial charge >= 0.3 is 0 Å². The fourth-order valence-electron chi connectivity index (χ4n) is 2.08. The smallest absolute Gasteiger partial charge is 0.125 e. The van der Waals surface area contributed by atoms with E-state index in [-0.39, 0.29) is 6.04 Å². The van der Waals surface area contributed by atoms with Gasteiger partial charge in [0, 0.05) is 16.6 Å². The van der Waals surface area contributed by atoms with E-state index in [0.717, 1.165) is 17.7 Å². The van der Waals surface area contributed by atoms with Crippen molar-refractivity contribution in [2.24, 2.45) is 5.73 Å². The van der Waals surface area contributed by atoms with Crippen LogP contribution >= 0.6 is 11.6 Å². The van der Waals surface area contributed by atoms with Gasteiger partial charge in [-0.2, -0.15) is 0 Å². The molecule has 0 aliphatic carbocycles. The number of hydrogen-bond acceptors (Lipinski definition) is 2. The summed E-state index contributed by atoms with van der Waals surface area (Å²) in [7, 11) is 1.63. The highest BCUT2D eigenvalue weighted by molar-refractivity contribution is 6.30. The Hall–Kier alpha value is -1.51. The molecule has 100 valence electrons. The van der Waals surface area contributed by atoms with Gasteiger partial charge in [0.1, 0.15) is 5.75 Å². The molecule has 0 saturated carbocycles. The summed E-state index contributed by atoms with van der Waals surface area (Å²) in [5, 5.41) is 0.656. The van der Waals surface area contributed by atoms with Gasteiger partial charge < -0.3 is 10.5 Å². The zero-order chi connectivity index (χ0) is 13.8. The number of rotatable bonds is 4. The van der Waals surface area contributed by atoms with Crippen LogP contribution in [0.15, 0.2) is 42.5 Å². The Kier molecular flexibility index (Phi) is 4.46. The minimum absolute atomic E-state index is 0.102. The Morgan fingerprint density at radius 3 is 2.47 bits per heavy atom. The van der Waals surface area contributed by atoms with E-state index in [9.17, 15) is 0 Å². The van der Waals surface area contributed by atoms with Crippen LogP contribution in [-0.4, -0.2) is 7.11 Å². The van der Waals surface area contributed by atoms with Gasteiger partial charge in [0.2, 0.25) is 0 Å². The number of methoxy groups -OCH3 is 1. The third-order valence-electron chi connectivity index (χ3n) is 3.17. The molecule has 1 atom stereocenters. The Morgan fingerprint density at radius 2 is 1.84 bits per heavy atom. The van der Waals surface area contributed by atoms with Crippen molar-refractivity contribution in [1.29, 1.82) is 0 Å². The Labute approximate surface area is 119 Å². The lowest BCUT2D eigenvalue weighted by Gasteiger charge is -2.16. The van der Waals surface area contributed by atoms with Crippen LogP contribution in [0.2, 0.25) is 5.02 Å². The van der Waals surface area contributed by atoms with E-state index in [2.05, 4.69) is 31.2 Å². The first kappa shape index (κ1) is 13.9. The normalized spacial score (nSPS) is 12.2. The van der Waals surface area contributed by atoms with E-state index >= 15 is 0 Å². The van der Waals surface area contributed by atoms with Crippen LogP contribution in [0.5, 0.6) is 5.75 Å². The molecule has 2 nitrogen and oxygen atoms in total. The topological polar surface area (TPSA) is 35.2 Å². The quantitative estimate of drug-likeness (QED) is 0.918. The molecule has 0 aliphatic rings. The molecule has 0 heterocycles. The monoisotopic (exact) mass is 275 g/mol. The summed E-state index contributed by atoms with van der Waals surface area (Å²) in [4.78, 5) is 0. The third kappa shape index (κ3) is 3.49. The van der Waals surface area contributed by atoms with E-state index in [1.165, 1.54) is 11.1 Å². The zero-order valence-corrected chi connectivity index (χ0v) is 11.9. The highest BCUT2D eigenvalue weighted by Gasteiger charge is 2.13. The molecule has 0 spiro atoms. The summed E-state index contributed by atoms with van der Waals surface area (Å²) >= 11 is 5.96. The fourth-order valence-corrected chi connectivity index (χ4v) is 2.24.